The number of benzene rings is 1. The van der Waals surface area contributed by atoms with E-state index < -0.39 is 0 Å². The molecule has 0 heterocycles. The van der Waals surface area contributed by atoms with Crippen molar-refractivity contribution in [1.82, 2.24) is 5.32 Å². The molecule has 0 saturated heterocycles. The van der Waals surface area contributed by atoms with Crippen molar-refractivity contribution in [3.63, 3.8) is 0 Å². The lowest BCUT2D eigenvalue weighted by Gasteiger charge is -2.17. The first kappa shape index (κ1) is 11.2. The molecule has 0 bridgehead atoms. The molecule has 14 heavy (non-hydrogen) atoms. The highest BCUT2D eigenvalue weighted by Gasteiger charge is 2.07. The molecule has 0 saturated carbocycles. The lowest BCUT2D eigenvalue weighted by Crippen LogP contribution is -2.26. The van der Waals surface area contributed by atoms with Gasteiger partial charge in [-0.1, -0.05) is 26.0 Å². The maximum Gasteiger partial charge on any atom is 0.126 e. The van der Waals surface area contributed by atoms with Crippen molar-refractivity contribution in [2.75, 3.05) is 0 Å². The van der Waals surface area contributed by atoms with Crippen LogP contribution in [0.5, 0.6) is 0 Å². The Kier molecular flexibility index (Phi) is 3.64. The van der Waals surface area contributed by atoms with Crippen LogP contribution in [0.3, 0.4) is 0 Å². The normalized spacial score (nSPS) is 13.3. The van der Waals surface area contributed by atoms with Crippen molar-refractivity contribution in [3.05, 3.63) is 35.1 Å². The molecular weight excluding hydrogens is 177 g/mol. The second-order valence-electron chi connectivity index (χ2n) is 4.05. The van der Waals surface area contributed by atoms with E-state index >= 15 is 0 Å². The largest absolute Gasteiger partial charge is 0.308 e. The van der Waals surface area contributed by atoms with Gasteiger partial charge in [-0.25, -0.2) is 4.39 Å². The Bertz CT molecular complexity index is 307. The first-order valence-corrected chi connectivity index (χ1v) is 5.03. The van der Waals surface area contributed by atoms with Gasteiger partial charge in [0.05, 0.1) is 0 Å². The van der Waals surface area contributed by atoms with Crippen molar-refractivity contribution in [2.45, 2.75) is 39.8 Å². The van der Waals surface area contributed by atoms with Gasteiger partial charge in [0.15, 0.2) is 0 Å². The van der Waals surface area contributed by atoms with Crippen molar-refractivity contribution in [1.29, 1.82) is 0 Å². The topological polar surface area (TPSA) is 12.0 Å². The number of aryl methyl sites for hydroxylation is 1. The van der Waals surface area contributed by atoms with Crippen molar-refractivity contribution < 1.29 is 4.39 Å². The fourth-order valence-corrected chi connectivity index (χ4v) is 1.47. The van der Waals surface area contributed by atoms with Crippen LogP contribution in [0.4, 0.5) is 4.39 Å². The minimum absolute atomic E-state index is 0.125. The summed E-state index contributed by atoms with van der Waals surface area (Å²) < 4.78 is 13.2. The summed E-state index contributed by atoms with van der Waals surface area (Å²) in [7, 11) is 0. The molecule has 0 fully saturated rings. The van der Waals surface area contributed by atoms with Crippen LogP contribution in [-0.4, -0.2) is 6.04 Å². The highest BCUT2D eigenvalue weighted by atomic mass is 19.1. The minimum Gasteiger partial charge on any atom is -0.308 e. The Morgan fingerprint density at radius 1 is 1.21 bits per heavy atom. The second kappa shape index (κ2) is 4.56. The van der Waals surface area contributed by atoms with E-state index in [-0.39, 0.29) is 11.9 Å². The molecule has 1 rings (SSSR count). The summed E-state index contributed by atoms with van der Waals surface area (Å²) in [4.78, 5) is 0. The third kappa shape index (κ3) is 2.81. The van der Waals surface area contributed by atoms with Gasteiger partial charge in [0.25, 0.3) is 0 Å². The SMILES string of the molecule is Cc1ccc(C(C)NC(C)C)cc1F. The van der Waals surface area contributed by atoms with Crippen LogP contribution in [-0.2, 0) is 0 Å². The van der Waals surface area contributed by atoms with E-state index in [4.69, 9.17) is 0 Å². The van der Waals surface area contributed by atoms with E-state index in [1.807, 2.05) is 19.1 Å². The molecule has 1 nitrogen and oxygen atoms in total. The molecular formula is C12H18FN. The zero-order valence-electron chi connectivity index (χ0n) is 9.26. The third-order valence-corrected chi connectivity index (χ3v) is 2.28. The van der Waals surface area contributed by atoms with E-state index in [1.165, 1.54) is 0 Å². The monoisotopic (exact) mass is 195 g/mol. The first-order valence-electron chi connectivity index (χ1n) is 5.03. The van der Waals surface area contributed by atoms with E-state index in [0.29, 0.717) is 11.6 Å². The van der Waals surface area contributed by atoms with Crippen LogP contribution < -0.4 is 5.32 Å². The van der Waals surface area contributed by atoms with Crippen molar-refractivity contribution in [3.8, 4) is 0 Å². The Hall–Kier alpha value is -0.890. The maximum absolute atomic E-state index is 13.2. The fourth-order valence-electron chi connectivity index (χ4n) is 1.47. The third-order valence-electron chi connectivity index (χ3n) is 2.28. The lowest BCUT2D eigenvalue weighted by molar-refractivity contribution is 0.502. The van der Waals surface area contributed by atoms with E-state index in [2.05, 4.69) is 19.2 Å². The molecule has 0 aliphatic heterocycles. The van der Waals surface area contributed by atoms with Gasteiger partial charge in [-0.05, 0) is 31.0 Å². The average molecular weight is 195 g/mol. The average Bonchev–Trinajstić information content (AvgIpc) is 2.08. The number of rotatable bonds is 3. The van der Waals surface area contributed by atoms with Crippen LogP contribution in [0.25, 0.3) is 0 Å². The number of hydrogen-bond acceptors (Lipinski definition) is 1. The highest BCUT2D eigenvalue weighted by Crippen LogP contribution is 2.16. The Morgan fingerprint density at radius 3 is 2.36 bits per heavy atom. The minimum atomic E-state index is -0.125. The van der Waals surface area contributed by atoms with Crippen LogP contribution in [0, 0.1) is 12.7 Å². The van der Waals surface area contributed by atoms with Crippen LogP contribution in [0.2, 0.25) is 0 Å². The van der Waals surface area contributed by atoms with E-state index in [0.717, 1.165) is 5.56 Å². The summed E-state index contributed by atoms with van der Waals surface area (Å²) in [5.74, 6) is -0.125. The molecule has 0 amide bonds. The standard InChI is InChI=1S/C12H18FN/c1-8(2)14-10(4)11-6-5-9(3)12(13)7-11/h5-8,10,14H,1-4H3. The van der Waals surface area contributed by atoms with Crippen LogP contribution in [0.15, 0.2) is 18.2 Å². The number of hydrogen-bond donors (Lipinski definition) is 1. The predicted octanol–water partition coefficient (Wildman–Crippen LogP) is 3.19. The molecule has 78 valence electrons. The van der Waals surface area contributed by atoms with Gasteiger partial charge in [0.2, 0.25) is 0 Å². The fraction of sp³-hybridized carbons (Fsp3) is 0.500. The van der Waals surface area contributed by atoms with E-state index in [1.54, 1.807) is 13.0 Å². The summed E-state index contributed by atoms with van der Waals surface area (Å²) in [6.07, 6.45) is 0. The molecule has 1 aromatic carbocycles. The predicted molar refractivity (Wildman–Crippen MR) is 57.8 cm³/mol. The van der Waals surface area contributed by atoms with E-state index in [9.17, 15) is 4.39 Å². The quantitative estimate of drug-likeness (QED) is 0.781. The Balaban J connectivity index is 2.80. The molecule has 0 aliphatic rings. The Labute approximate surface area is 85.3 Å². The molecule has 0 aromatic heterocycles. The molecule has 0 radical (unpaired) electrons. The molecule has 2 heteroatoms. The van der Waals surface area contributed by atoms with Crippen LogP contribution >= 0.6 is 0 Å². The molecule has 1 unspecified atom stereocenters. The number of nitrogens with one attached hydrogen (secondary N) is 1. The lowest BCUT2D eigenvalue weighted by atomic mass is 10.1. The summed E-state index contributed by atoms with van der Waals surface area (Å²) >= 11 is 0. The highest BCUT2D eigenvalue weighted by molar-refractivity contribution is 5.25. The molecule has 1 aromatic rings. The zero-order valence-corrected chi connectivity index (χ0v) is 9.26. The van der Waals surface area contributed by atoms with Gasteiger partial charge in [0, 0.05) is 12.1 Å². The molecule has 1 N–H and O–H groups in total. The summed E-state index contributed by atoms with van der Waals surface area (Å²) in [6.45, 7) is 7.99. The van der Waals surface area contributed by atoms with Gasteiger partial charge >= 0.3 is 0 Å². The smallest absolute Gasteiger partial charge is 0.126 e. The van der Waals surface area contributed by atoms with Crippen LogP contribution in [0.1, 0.15) is 37.9 Å². The first-order chi connectivity index (χ1) is 6.50. The maximum atomic E-state index is 13.2. The summed E-state index contributed by atoms with van der Waals surface area (Å²) in [5, 5.41) is 3.34. The van der Waals surface area contributed by atoms with Gasteiger partial charge in [-0.3, -0.25) is 0 Å². The van der Waals surface area contributed by atoms with Crippen molar-refractivity contribution >= 4 is 0 Å². The number of halogens is 1. The van der Waals surface area contributed by atoms with Gasteiger partial charge in [0.1, 0.15) is 5.82 Å². The summed E-state index contributed by atoms with van der Waals surface area (Å²) in [6, 6.07) is 6.01. The van der Waals surface area contributed by atoms with Gasteiger partial charge in [-0.15, -0.1) is 0 Å². The molecule has 0 aliphatic carbocycles. The summed E-state index contributed by atoms with van der Waals surface area (Å²) in [5.41, 5.74) is 1.70. The zero-order chi connectivity index (χ0) is 10.7. The Morgan fingerprint density at radius 2 is 1.86 bits per heavy atom. The van der Waals surface area contributed by atoms with Gasteiger partial charge < -0.3 is 5.32 Å². The van der Waals surface area contributed by atoms with Crippen molar-refractivity contribution in [2.24, 2.45) is 0 Å². The van der Waals surface area contributed by atoms with Gasteiger partial charge in [-0.2, -0.15) is 0 Å². The molecule has 1 atom stereocenters. The molecule has 0 spiro atoms. The second-order valence-corrected chi connectivity index (χ2v) is 4.05.